The number of carbonyl (C=O) groups excluding carboxylic acids is 1. The molecular formula is C10H12N2O. The SMILES string of the molecule is N=CC1CC1.O=Cc1ccncc1. The topological polar surface area (TPSA) is 53.8 Å². The first-order chi connectivity index (χ1) is 6.36. The normalized spacial score (nSPS) is 13.8. The Morgan fingerprint density at radius 1 is 1.38 bits per heavy atom. The molecule has 0 amide bonds. The third-order valence-electron chi connectivity index (χ3n) is 1.70. The van der Waals surface area contributed by atoms with E-state index in [1.165, 1.54) is 19.1 Å². The molecule has 1 aromatic rings. The molecule has 68 valence electrons. The molecule has 0 bridgehead atoms. The van der Waals surface area contributed by atoms with Crippen LogP contribution in [0.15, 0.2) is 24.5 Å². The number of hydrogen-bond donors (Lipinski definition) is 1. The zero-order valence-corrected chi connectivity index (χ0v) is 7.31. The standard InChI is InChI=1S/C6H5NO.C4H7N/c8-5-6-1-3-7-4-2-6;5-3-4-1-2-4/h1-5H;3-5H,1-2H2. The molecule has 0 aromatic carbocycles. The lowest BCUT2D eigenvalue weighted by Crippen LogP contribution is -1.76. The van der Waals surface area contributed by atoms with Crippen LogP contribution in [0.25, 0.3) is 0 Å². The fourth-order valence-electron chi connectivity index (χ4n) is 0.705. The van der Waals surface area contributed by atoms with Gasteiger partial charge >= 0.3 is 0 Å². The molecule has 1 heterocycles. The molecule has 0 radical (unpaired) electrons. The van der Waals surface area contributed by atoms with E-state index in [0.29, 0.717) is 11.5 Å². The van der Waals surface area contributed by atoms with Crippen molar-refractivity contribution in [1.29, 1.82) is 5.41 Å². The van der Waals surface area contributed by atoms with Gasteiger partial charge in [0, 0.05) is 18.0 Å². The molecule has 0 aliphatic heterocycles. The van der Waals surface area contributed by atoms with Crippen molar-refractivity contribution in [1.82, 2.24) is 4.98 Å². The molecule has 1 aromatic heterocycles. The summed E-state index contributed by atoms with van der Waals surface area (Å²) in [6, 6.07) is 3.32. The van der Waals surface area contributed by atoms with Crippen LogP contribution in [0.2, 0.25) is 0 Å². The van der Waals surface area contributed by atoms with Gasteiger partial charge in [0.15, 0.2) is 0 Å². The lowest BCUT2D eigenvalue weighted by molar-refractivity contribution is 0.112. The fraction of sp³-hybridized carbons (Fsp3) is 0.300. The summed E-state index contributed by atoms with van der Waals surface area (Å²) in [5.74, 6) is 0.676. The highest BCUT2D eigenvalue weighted by atomic mass is 16.1. The van der Waals surface area contributed by atoms with Crippen molar-refractivity contribution in [3.8, 4) is 0 Å². The Balaban J connectivity index is 0.000000145. The minimum absolute atomic E-state index is 0.667. The second-order valence-electron chi connectivity index (χ2n) is 2.90. The Labute approximate surface area is 77.3 Å². The highest BCUT2D eigenvalue weighted by Gasteiger charge is 2.16. The van der Waals surface area contributed by atoms with E-state index in [2.05, 4.69) is 4.98 Å². The highest BCUT2D eigenvalue weighted by molar-refractivity contribution is 5.73. The van der Waals surface area contributed by atoms with Gasteiger partial charge in [0.05, 0.1) is 0 Å². The summed E-state index contributed by atoms with van der Waals surface area (Å²) in [7, 11) is 0. The van der Waals surface area contributed by atoms with Crippen LogP contribution in [0.3, 0.4) is 0 Å². The van der Waals surface area contributed by atoms with Gasteiger partial charge in [-0.05, 0) is 37.1 Å². The van der Waals surface area contributed by atoms with Crippen molar-refractivity contribution in [3.05, 3.63) is 30.1 Å². The predicted octanol–water partition coefficient (Wildman–Crippen LogP) is 1.94. The van der Waals surface area contributed by atoms with E-state index >= 15 is 0 Å². The lowest BCUT2D eigenvalue weighted by Gasteiger charge is -1.81. The van der Waals surface area contributed by atoms with Crippen molar-refractivity contribution >= 4 is 12.5 Å². The minimum atomic E-state index is 0.667. The zero-order chi connectivity index (χ0) is 9.52. The molecule has 0 atom stereocenters. The third-order valence-corrected chi connectivity index (χ3v) is 1.70. The Morgan fingerprint density at radius 2 is 2.00 bits per heavy atom. The van der Waals surface area contributed by atoms with Gasteiger partial charge in [-0.1, -0.05) is 0 Å². The molecule has 0 spiro atoms. The van der Waals surface area contributed by atoms with Gasteiger partial charge in [0.2, 0.25) is 0 Å². The summed E-state index contributed by atoms with van der Waals surface area (Å²) in [6.07, 6.45) is 8.03. The van der Waals surface area contributed by atoms with Crippen LogP contribution in [-0.4, -0.2) is 17.5 Å². The Hall–Kier alpha value is -1.51. The maximum Gasteiger partial charge on any atom is 0.150 e. The molecule has 1 fully saturated rings. The van der Waals surface area contributed by atoms with Gasteiger partial charge < -0.3 is 5.41 Å². The maximum absolute atomic E-state index is 9.98. The summed E-state index contributed by atoms with van der Waals surface area (Å²) < 4.78 is 0. The van der Waals surface area contributed by atoms with Crippen LogP contribution in [0, 0.1) is 11.3 Å². The van der Waals surface area contributed by atoms with Crippen molar-refractivity contribution in [2.45, 2.75) is 12.8 Å². The van der Waals surface area contributed by atoms with Crippen LogP contribution in [0.1, 0.15) is 23.2 Å². The van der Waals surface area contributed by atoms with Crippen LogP contribution in [0.5, 0.6) is 0 Å². The second kappa shape index (κ2) is 5.19. The molecule has 1 aliphatic rings. The number of nitrogens with zero attached hydrogens (tertiary/aromatic N) is 1. The van der Waals surface area contributed by atoms with Crippen molar-refractivity contribution in [2.75, 3.05) is 0 Å². The maximum atomic E-state index is 9.98. The van der Waals surface area contributed by atoms with Crippen molar-refractivity contribution in [2.24, 2.45) is 5.92 Å². The molecule has 1 N–H and O–H groups in total. The molecule has 1 saturated carbocycles. The largest absolute Gasteiger partial charge is 0.313 e. The van der Waals surface area contributed by atoms with Crippen LogP contribution in [0.4, 0.5) is 0 Å². The van der Waals surface area contributed by atoms with Crippen LogP contribution < -0.4 is 0 Å². The average molecular weight is 176 g/mol. The first-order valence-corrected chi connectivity index (χ1v) is 4.22. The van der Waals surface area contributed by atoms with Gasteiger partial charge in [-0.3, -0.25) is 9.78 Å². The molecule has 13 heavy (non-hydrogen) atoms. The van der Waals surface area contributed by atoms with E-state index in [0.717, 1.165) is 6.29 Å². The summed E-state index contributed by atoms with van der Waals surface area (Å²) in [4.78, 5) is 13.7. The summed E-state index contributed by atoms with van der Waals surface area (Å²) in [5, 5.41) is 6.59. The smallest absolute Gasteiger partial charge is 0.150 e. The second-order valence-corrected chi connectivity index (χ2v) is 2.90. The molecular weight excluding hydrogens is 164 g/mol. The van der Waals surface area contributed by atoms with E-state index in [1.807, 2.05) is 0 Å². The van der Waals surface area contributed by atoms with E-state index in [-0.39, 0.29) is 0 Å². The number of carbonyl (C=O) groups is 1. The van der Waals surface area contributed by atoms with E-state index in [9.17, 15) is 4.79 Å². The molecule has 3 nitrogen and oxygen atoms in total. The predicted molar refractivity (Wildman–Crippen MR) is 51.1 cm³/mol. The number of hydrogen-bond acceptors (Lipinski definition) is 3. The van der Waals surface area contributed by atoms with Crippen molar-refractivity contribution in [3.63, 3.8) is 0 Å². The third kappa shape index (κ3) is 4.15. The molecule has 3 heteroatoms. The number of nitrogens with one attached hydrogen (secondary N) is 1. The average Bonchev–Trinajstić information content (AvgIpc) is 3.03. The Morgan fingerprint density at radius 3 is 2.23 bits per heavy atom. The fourth-order valence-corrected chi connectivity index (χ4v) is 0.705. The van der Waals surface area contributed by atoms with E-state index in [4.69, 9.17) is 5.41 Å². The molecule has 1 aliphatic carbocycles. The number of aromatic nitrogens is 1. The van der Waals surface area contributed by atoms with Crippen LogP contribution >= 0.6 is 0 Å². The van der Waals surface area contributed by atoms with Gasteiger partial charge in [-0.2, -0.15) is 0 Å². The van der Waals surface area contributed by atoms with Gasteiger partial charge in [0.1, 0.15) is 6.29 Å². The van der Waals surface area contributed by atoms with E-state index in [1.54, 1.807) is 24.5 Å². The van der Waals surface area contributed by atoms with Gasteiger partial charge in [-0.15, -0.1) is 0 Å². The summed E-state index contributed by atoms with van der Waals surface area (Å²) in [6.45, 7) is 0. The summed E-state index contributed by atoms with van der Waals surface area (Å²) >= 11 is 0. The number of pyridine rings is 1. The van der Waals surface area contributed by atoms with E-state index < -0.39 is 0 Å². The molecule has 2 rings (SSSR count). The number of rotatable bonds is 2. The Bertz CT molecular complexity index is 268. The quantitative estimate of drug-likeness (QED) is 0.553. The van der Waals surface area contributed by atoms with Gasteiger partial charge in [-0.25, -0.2) is 0 Å². The zero-order valence-electron chi connectivity index (χ0n) is 7.31. The van der Waals surface area contributed by atoms with Crippen LogP contribution in [-0.2, 0) is 0 Å². The monoisotopic (exact) mass is 176 g/mol. The molecule has 0 unspecified atom stereocenters. The number of aldehydes is 1. The summed E-state index contributed by atoms with van der Waals surface area (Å²) in [5.41, 5.74) is 0.667. The molecule has 0 saturated heterocycles. The Kier molecular flexibility index (Phi) is 3.82. The van der Waals surface area contributed by atoms with Gasteiger partial charge in [0.25, 0.3) is 0 Å². The minimum Gasteiger partial charge on any atom is -0.313 e. The highest BCUT2D eigenvalue weighted by Crippen LogP contribution is 2.25. The van der Waals surface area contributed by atoms with Crippen molar-refractivity contribution < 1.29 is 4.79 Å². The first kappa shape index (κ1) is 9.58. The lowest BCUT2D eigenvalue weighted by atomic mass is 10.3. The first-order valence-electron chi connectivity index (χ1n) is 4.22.